The lowest BCUT2D eigenvalue weighted by atomic mass is 9.56. The molecule has 0 aliphatic rings. The molecule has 0 aliphatic carbocycles. The Kier molecular flexibility index (Phi) is 13.0. The fourth-order valence-corrected chi connectivity index (χ4v) is 9.87. The number of hydrogen-bond donors (Lipinski definition) is 0. The fraction of sp³-hybridized carbons (Fsp3) is 0. The molecule has 0 saturated carbocycles. The maximum absolute atomic E-state index is 7.26. The van der Waals surface area contributed by atoms with Crippen LogP contribution in [0, 0.1) is 0 Å². The van der Waals surface area contributed by atoms with E-state index in [-0.39, 0.29) is 230 Å². The van der Waals surface area contributed by atoms with Crippen LogP contribution < -0.4 is 153 Å². The van der Waals surface area contributed by atoms with Crippen molar-refractivity contribution in [2.75, 3.05) is 0 Å². The van der Waals surface area contributed by atoms with Crippen molar-refractivity contribution >= 4 is 416 Å². The summed E-state index contributed by atoms with van der Waals surface area (Å²) < 4.78 is 2.82. The first-order valence-electron chi connectivity index (χ1n) is 20.9. The van der Waals surface area contributed by atoms with Gasteiger partial charge in [0.15, 0.2) is 0 Å². The first kappa shape index (κ1) is 52.8. The van der Waals surface area contributed by atoms with E-state index in [0.717, 1.165) is 0 Å². The van der Waals surface area contributed by atoms with Crippen LogP contribution in [0.15, 0.2) is 0 Å². The fourth-order valence-electron chi connectivity index (χ4n) is 9.87. The molecular formula is C42B28N2. The number of rotatable bonds is 4. The van der Waals surface area contributed by atoms with E-state index in [4.69, 9.17) is 220 Å². The normalized spacial score (nSPS) is 11.8. The van der Waals surface area contributed by atoms with Gasteiger partial charge in [-0.25, -0.2) is 0 Å². The van der Waals surface area contributed by atoms with Gasteiger partial charge in [-0.15, -0.1) is 54.6 Å². The molecule has 2 aromatic heterocycles. The van der Waals surface area contributed by atoms with E-state index in [1.165, 1.54) is 9.13 Å². The number of aromatic nitrogens is 2. The summed E-state index contributed by atoms with van der Waals surface area (Å²) in [6.07, 6.45) is 0. The average molecular weight is 835 g/mol. The van der Waals surface area contributed by atoms with Crippen LogP contribution in [0.5, 0.6) is 0 Å². The molecule has 9 aromatic rings. The van der Waals surface area contributed by atoms with Gasteiger partial charge >= 0.3 is 0 Å². The first-order chi connectivity index (χ1) is 33.5. The SMILES string of the molecule is [B]c1c([B])c([B])c(-c2c([B])c([B])c(-n3c4c([B])c([B])c([B])c([B])c4c4c5c6c([B])c([B])c([B])c([B])c6n(-c6c([B])c([B])c(-c7c([B])c([B])c([B])c([B])c7[B])c([B])c6[B])c5c([B])c([B])c43)c([B])c2[B])c([B])c1[B]. The highest BCUT2D eigenvalue weighted by molar-refractivity contribution is 6.76. The Hall–Kier alpha value is -4.04. The van der Waals surface area contributed by atoms with E-state index in [1.807, 2.05) is 0 Å². The molecule has 0 bridgehead atoms. The van der Waals surface area contributed by atoms with Crippen LogP contribution in [0.4, 0.5) is 0 Å². The molecule has 7 aromatic carbocycles. The number of benzene rings is 7. The summed E-state index contributed by atoms with van der Waals surface area (Å²) in [6, 6.07) is 0. The van der Waals surface area contributed by atoms with Gasteiger partial charge in [0.1, 0.15) is 220 Å². The zero-order valence-electron chi connectivity index (χ0n) is 38.1. The van der Waals surface area contributed by atoms with Crippen molar-refractivity contribution in [1.82, 2.24) is 9.13 Å². The smallest absolute Gasteiger partial charge is 0.116 e. The summed E-state index contributed by atoms with van der Waals surface area (Å²) in [5.74, 6) is 0. The predicted molar refractivity (Wildman–Crippen MR) is 337 cm³/mol. The van der Waals surface area contributed by atoms with Gasteiger partial charge in [0, 0.05) is 55.0 Å². The molecule has 0 saturated heterocycles. The Morgan fingerprint density at radius 3 is 0.528 bits per heavy atom. The number of fused-ring (bicyclic) bond motifs is 7. The molecule has 0 atom stereocenters. The second-order valence-electron chi connectivity index (χ2n) is 17.3. The van der Waals surface area contributed by atoms with Crippen LogP contribution in [0.2, 0.25) is 0 Å². The van der Waals surface area contributed by atoms with Gasteiger partial charge in [-0.2, -0.15) is 0 Å². The van der Waals surface area contributed by atoms with E-state index in [9.17, 15) is 0 Å². The van der Waals surface area contributed by atoms with E-state index < -0.39 is 0 Å². The Labute approximate surface area is 455 Å². The molecule has 0 N–H and O–H groups in total. The van der Waals surface area contributed by atoms with Gasteiger partial charge in [-0.05, 0) is 22.3 Å². The monoisotopic (exact) mass is 840 g/mol. The van der Waals surface area contributed by atoms with Crippen molar-refractivity contribution in [3.63, 3.8) is 0 Å². The van der Waals surface area contributed by atoms with Crippen LogP contribution in [0.3, 0.4) is 0 Å². The van der Waals surface area contributed by atoms with E-state index in [0.29, 0.717) is 0 Å². The van der Waals surface area contributed by atoms with Gasteiger partial charge in [-0.3, -0.25) is 0 Å². The van der Waals surface area contributed by atoms with Crippen molar-refractivity contribution in [3.8, 4) is 33.6 Å². The molecule has 30 heteroatoms. The van der Waals surface area contributed by atoms with Crippen LogP contribution >= 0.6 is 0 Å². The molecule has 0 spiro atoms. The van der Waals surface area contributed by atoms with Crippen LogP contribution in [-0.4, -0.2) is 229 Å². The molecule has 72 heavy (non-hydrogen) atoms. The second-order valence-corrected chi connectivity index (χ2v) is 17.3. The molecule has 56 radical (unpaired) electrons. The Bertz CT molecular complexity index is 3700. The summed E-state index contributed by atoms with van der Waals surface area (Å²) in [4.78, 5) is 0. The zero-order valence-corrected chi connectivity index (χ0v) is 38.1. The number of hydrogen-bond acceptors (Lipinski definition) is 0. The minimum Gasteiger partial charge on any atom is -0.312 e. The first-order valence-corrected chi connectivity index (χ1v) is 20.9. The van der Waals surface area contributed by atoms with Gasteiger partial charge in [0.2, 0.25) is 0 Å². The predicted octanol–water partition coefficient (Wildman–Crippen LogP) is -22.6. The molecule has 0 unspecified atom stereocenters. The molecule has 2 heterocycles. The number of nitrogens with zero attached hydrogens (tertiary/aromatic N) is 2. The molecule has 0 amide bonds. The van der Waals surface area contributed by atoms with Crippen molar-refractivity contribution in [2.24, 2.45) is 0 Å². The quantitative estimate of drug-likeness (QED) is 0.156. The van der Waals surface area contributed by atoms with Crippen molar-refractivity contribution in [3.05, 3.63) is 0 Å². The zero-order chi connectivity index (χ0) is 53.4. The Morgan fingerprint density at radius 2 is 0.292 bits per heavy atom. The summed E-state index contributed by atoms with van der Waals surface area (Å²) in [5.41, 5.74) is -4.77. The molecule has 2 nitrogen and oxygen atoms in total. The topological polar surface area (TPSA) is 9.86 Å². The largest absolute Gasteiger partial charge is 0.312 e. The van der Waals surface area contributed by atoms with Crippen molar-refractivity contribution in [2.45, 2.75) is 0 Å². The van der Waals surface area contributed by atoms with Gasteiger partial charge in [0.25, 0.3) is 0 Å². The third-order valence-electron chi connectivity index (χ3n) is 13.8. The summed E-state index contributed by atoms with van der Waals surface area (Å²) >= 11 is 0. The summed E-state index contributed by atoms with van der Waals surface area (Å²) in [6.45, 7) is 0. The maximum atomic E-state index is 7.26. The van der Waals surface area contributed by atoms with Crippen LogP contribution in [0.1, 0.15) is 0 Å². The molecular weight excluding hydrogens is 835 g/mol. The summed E-state index contributed by atoms with van der Waals surface area (Å²) in [5, 5.41) is 0.422. The standard InChI is InChI=1S/C42B28N2/c43-9-3(10(44)20(54)25(59)19(9)53)5-13(47)29(63)41(30(64)14(5)48)71-37-1(7-17(51)23(57)27(61)33(67)39(7)71)2-8-18(52)24(58)28(62)34(68)40(8)72(38(2)36(70)35(37)69)42-31(65)15(49)6(16(50)32(42)66)4-11(45)21(55)26(60)22(56)12(4)46. The van der Waals surface area contributed by atoms with Crippen LogP contribution in [0.25, 0.3) is 77.2 Å². The van der Waals surface area contributed by atoms with E-state index in [2.05, 4.69) is 0 Å². The molecule has 9 rings (SSSR count). The highest BCUT2D eigenvalue weighted by atomic mass is 15.0. The third-order valence-corrected chi connectivity index (χ3v) is 13.8. The van der Waals surface area contributed by atoms with E-state index >= 15 is 0 Å². The summed E-state index contributed by atoms with van der Waals surface area (Å²) in [7, 11) is 188. The lowest BCUT2D eigenvalue weighted by Gasteiger charge is -2.30. The second kappa shape index (κ2) is 17.8. The van der Waals surface area contributed by atoms with Gasteiger partial charge < -0.3 is 9.13 Å². The molecule has 0 aliphatic heterocycles. The average Bonchev–Trinajstić information content (AvgIpc) is 3.88. The van der Waals surface area contributed by atoms with Gasteiger partial charge in [-0.1, -0.05) is 98.3 Å². The lowest BCUT2D eigenvalue weighted by molar-refractivity contribution is 1.21. The highest BCUT2D eigenvalue weighted by Crippen LogP contribution is 2.38. The molecule has 0 fully saturated rings. The lowest BCUT2D eigenvalue weighted by Crippen LogP contribution is -2.57. The molecule has 262 valence electrons. The minimum absolute atomic E-state index is 0.00753. The highest BCUT2D eigenvalue weighted by Gasteiger charge is 2.32. The Morgan fingerprint density at radius 1 is 0.139 bits per heavy atom. The van der Waals surface area contributed by atoms with Gasteiger partial charge in [0.05, 0.1) is 0 Å². The maximum Gasteiger partial charge on any atom is 0.116 e. The van der Waals surface area contributed by atoms with Crippen molar-refractivity contribution < 1.29 is 0 Å². The third kappa shape index (κ3) is 6.69. The van der Waals surface area contributed by atoms with E-state index in [1.54, 1.807) is 0 Å². The minimum atomic E-state index is -0.240. The van der Waals surface area contributed by atoms with Crippen molar-refractivity contribution in [1.29, 1.82) is 0 Å². The Balaban J connectivity index is 1.55. The van der Waals surface area contributed by atoms with Crippen LogP contribution in [-0.2, 0) is 0 Å².